The normalized spacial score (nSPS) is 13.5. The van der Waals surface area contributed by atoms with Crippen LogP contribution in [0.2, 0.25) is 0 Å². The molecule has 0 bridgehead atoms. The lowest BCUT2D eigenvalue weighted by Crippen LogP contribution is -2.46. The number of rotatable bonds is 4. The molecule has 3 nitrogen and oxygen atoms in total. The second-order valence-corrected chi connectivity index (χ2v) is 3.37. The summed E-state index contributed by atoms with van der Waals surface area (Å²) in [7, 11) is 0. The predicted octanol–water partition coefficient (Wildman–Crippen LogP) is 2.16. The molecule has 0 spiro atoms. The zero-order chi connectivity index (χ0) is 13.1. The molecule has 1 heterocycles. The highest BCUT2D eigenvalue weighted by atomic mass is 19.3. The first-order valence-electron chi connectivity index (χ1n) is 4.73. The summed E-state index contributed by atoms with van der Waals surface area (Å²) in [6.07, 6.45) is -2.62. The number of amides is 1. The van der Waals surface area contributed by atoms with Crippen molar-refractivity contribution in [2.75, 3.05) is 0 Å². The highest BCUT2D eigenvalue weighted by Gasteiger charge is 2.49. The molecule has 0 aliphatic rings. The number of hydrogen-bond acceptors (Lipinski definition) is 2. The first-order valence-corrected chi connectivity index (χ1v) is 4.73. The van der Waals surface area contributed by atoms with Gasteiger partial charge in [-0.1, -0.05) is 6.07 Å². The monoisotopic (exact) mass is 250 g/mol. The van der Waals surface area contributed by atoms with Gasteiger partial charge in [-0.05, 0) is 19.1 Å². The Bertz CT molecular complexity index is 383. The van der Waals surface area contributed by atoms with Crippen molar-refractivity contribution in [1.29, 1.82) is 0 Å². The van der Waals surface area contributed by atoms with E-state index >= 15 is 0 Å². The summed E-state index contributed by atoms with van der Waals surface area (Å²) in [4.78, 5) is 14.7. The molecule has 1 aromatic heterocycles. The number of nitrogens with zero attached hydrogens (tertiary/aromatic N) is 1. The van der Waals surface area contributed by atoms with Crippen molar-refractivity contribution in [3.05, 3.63) is 30.1 Å². The van der Waals surface area contributed by atoms with E-state index in [4.69, 9.17) is 0 Å². The Morgan fingerprint density at radius 2 is 2.06 bits per heavy atom. The third-order valence-corrected chi connectivity index (χ3v) is 2.06. The first-order chi connectivity index (χ1) is 7.85. The lowest BCUT2D eigenvalue weighted by molar-refractivity contribution is -0.170. The van der Waals surface area contributed by atoms with Crippen LogP contribution in [0.1, 0.15) is 18.7 Å². The summed E-state index contributed by atoms with van der Waals surface area (Å²) in [5.74, 6) is -6.70. The minimum Gasteiger partial charge on any atom is -0.343 e. The number of carbonyl (C=O) groups is 1. The number of hydrogen-bond donors (Lipinski definition) is 1. The van der Waals surface area contributed by atoms with E-state index in [-0.39, 0.29) is 0 Å². The Hall–Kier alpha value is -1.66. The maximum absolute atomic E-state index is 12.6. The van der Waals surface area contributed by atoms with E-state index in [1.165, 1.54) is 19.2 Å². The van der Waals surface area contributed by atoms with Crippen LogP contribution < -0.4 is 5.32 Å². The van der Waals surface area contributed by atoms with Crippen LogP contribution in [-0.2, 0) is 4.79 Å². The molecule has 1 aromatic rings. The topological polar surface area (TPSA) is 42.0 Å². The number of aromatic nitrogens is 1. The lowest BCUT2D eigenvalue weighted by atomic mass is 10.2. The Balaban J connectivity index is 2.70. The largest absolute Gasteiger partial charge is 0.383 e. The highest BCUT2D eigenvalue weighted by molar-refractivity contribution is 5.84. The second-order valence-electron chi connectivity index (χ2n) is 3.37. The summed E-state index contributed by atoms with van der Waals surface area (Å²) >= 11 is 0. The highest BCUT2D eigenvalue weighted by Crippen LogP contribution is 2.24. The molecule has 17 heavy (non-hydrogen) atoms. The van der Waals surface area contributed by atoms with Crippen LogP contribution in [0.3, 0.4) is 0 Å². The predicted molar refractivity (Wildman–Crippen MR) is 51.7 cm³/mol. The van der Waals surface area contributed by atoms with E-state index in [1.807, 2.05) is 0 Å². The van der Waals surface area contributed by atoms with Crippen molar-refractivity contribution in [3.63, 3.8) is 0 Å². The van der Waals surface area contributed by atoms with Gasteiger partial charge in [-0.2, -0.15) is 8.78 Å². The smallest absolute Gasteiger partial charge is 0.343 e. The molecule has 0 aliphatic carbocycles. The fourth-order valence-electron chi connectivity index (χ4n) is 1.10. The molecule has 0 radical (unpaired) electrons. The summed E-state index contributed by atoms with van der Waals surface area (Å²) in [6, 6.07) is 3.82. The van der Waals surface area contributed by atoms with Gasteiger partial charge in [-0.15, -0.1) is 0 Å². The summed E-state index contributed by atoms with van der Waals surface area (Å²) in [5.41, 5.74) is 0.311. The summed E-state index contributed by atoms with van der Waals surface area (Å²) < 4.78 is 49.0. The molecule has 0 fully saturated rings. The fourth-order valence-corrected chi connectivity index (χ4v) is 1.10. The van der Waals surface area contributed by atoms with Gasteiger partial charge in [0.2, 0.25) is 0 Å². The molecule has 1 amide bonds. The minimum absolute atomic E-state index is 0.311. The van der Waals surface area contributed by atoms with Gasteiger partial charge in [0.25, 0.3) is 5.91 Å². The third-order valence-electron chi connectivity index (χ3n) is 2.06. The van der Waals surface area contributed by atoms with Gasteiger partial charge in [0.1, 0.15) is 0 Å². The average molecular weight is 250 g/mol. The van der Waals surface area contributed by atoms with Gasteiger partial charge >= 0.3 is 12.3 Å². The van der Waals surface area contributed by atoms with Crippen LogP contribution in [0, 0.1) is 0 Å². The number of alkyl halides is 4. The molecular weight excluding hydrogens is 240 g/mol. The maximum Gasteiger partial charge on any atom is 0.383 e. The van der Waals surface area contributed by atoms with Gasteiger partial charge < -0.3 is 5.32 Å². The molecule has 7 heteroatoms. The molecule has 0 saturated carbocycles. The lowest BCUT2D eigenvalue weighted by Gasteiger charge is -2.18. The van der Waals surface area contributed by atoms with Crippen molar-refractivity contribution >= 4 is 5.91 Å². The molecule has 1 rings (SSSR count). The summed E-state index contributed by atoms with van der Waals surface area (Å²) in [5, 5.41) is 1.79. The van der Waals surface area contributed by atoms with Crippen molar-refractivity contribution in [3.8, 4) is 0 Å². The van der Waals surface area contributed by atoms with Crippen LogP contribution in [0.15, 0.2) is 24.4 Å². The van der Waals surface area contributed by atoms with Gasteiger partial charge in [0.15, 0.2) is 0 Å². The number of carbonyl (C=O) groups excluding carboxylic acids is 1. The van der Waals surface area contributed by atoms with Crippen molar-refractivity contribution in [1.82, 2.24) is 10.3 Å². The summed E-state index contributed by atoms with van der Waals surface area (Å²) in [6.45, 7) is 1.38. The SMILES string of the molecule is C[C@H](NC(=O)C(F)(F)C(F)F)c1ccccn1. The van der Waals surface area contributed by atoms with Gasteiger partial charge in [0, 0.05) is 6.20 Å². The number of nitrogens with one attached hydrogen (secondary N) is 1. The van der Waals surface area contributed by atoms with E-state index in [9.17, 15) is 22.4 Å². The quantitative estimate of drug-likeness (QED) is 0.832. The molecule has 0 unspecified atom stereocenters. The molecule has 0 aliphatic heterocycles. The van der Waals surface area contributed by atoms with E-state index < -0.39 is 24.3 Å². The van der Waals surface area contributed by atoms with E-state index in [0.29, 0.717) is 5.69 Å². The van der Waals surface area contributed by atoms with Crippen LogP contribution in [0.5, 0.6) is 0 Å². The average Bonchev–Trinajstić information content (AvgIpc) is 2.29. The Morgan fingerprint density at radius 1 is 1.41 bits per heavy atom. The Morgan fingerprint density at radius 3 is 2.53 bits per heavy atom. The second kappa shape index (κ2) is 5.11. The van der Waals surface area contributed by atoms with Crippen molar-refractivity contribution in [2.45, 2.75) is 25.3 Å². The molecule has 1 atom stereocenters. The fraction of sp³-hybridized carbons (Fsp3) is 0.400. The Labute approximate surface area is 94.8 Å². The van der Waals surface area contributed by atoms with Crippen LogP contribution in [-0.4, -0.2) is 23.2 Å². The molecule has 94 valence electrons. The van der Waals surface area contributed by atoms with Gasteiger partial charge in [-0.3, -0.25) is 9.78 Å². The first kappa shape index (κ1) is 13.4. The number of halogens is 4. The molecule has 0 saturated heterocycles. The molecular formula is C10H10F4N2O. The van der Waals surface area contributed by atoms with E-state index in [2.05, 4.69) is 4.98 Å². The standard InChI is InChI=1S/C10H10F4N2O/c1-6(7-4-2-3-5-15-7)16-9(17)10(13,14)8(11)12/h2-6,8H,1H3,(H,16,17)/t6-/m0/s1. The van der Waals surface area contributed by atoms with Crippen LogP contribution >= 0.6 is 0 Å². The van der Waals surface area contributed by atoms with E-state index in [1.54, 1.807) is 17.4 Å². The van der Waals surface area contributed by atoms with Gasteiger partial charge in [0.05, 0.1) is 11.7 Å². The minimum atomic E-state index is -4.69. The van der Waals surface area contributed by atoms with E-state index in [0.717, 1.165) is 0 Å². The maximum atomic E-state index is 12.6. The van der Waals surface area contributed by atoms with Crippen molar-refractivity contribution < 1.29 is 22.4 Å². The van der Waals surface area contributed by atoms with Crippen LogP contribution in [0.4, 0.5) is 17.6 Å². The number of pyridine rings is 1. The molecule has 1 N–H and O–H groups in total. The van der Waals surface area contributed by atoms with Crippen LogP contribution in [0.25, 0.3) is 0 Å². The third kappa shape index (κ3) is 3.15. The zero-order valence-corrected chi connectivity index (χ0v) is 8.83. The van der Waals surface area contributed by atoms with Gasteiger partial charge in [-0.25, -0.2) is 8.78 Å². The molecule has 0 aromatic carbocycles. The zero-order valence-electron chi connectivity index (χ0n) is 8.83. The van der Waals surface area contributed by atoms with Crippen molar-refractivity contribution in [2.24, 2.45) is 0 Å². The Kier molecular flexibility index (Phi) is 4.03.